The first-order valence-corrected chi connectivity index (χ1v) is 38.2. The normalized spacial score (nSPS) is 33.5. The van der Waals surface area contributed by atoms with Crippen molar-refractivity contribution < 1.29 is 79.5 Å². The Morgan fingerprint density at radius 3 is 1.81 bits per heavy atom. The van der Waals surface area contributed by atoms with E-state index in [4.69, 9.17) is 0 Å². The molecular formula is C75H117F5N12O12. The summed E-state index contributed by atoms with van der Waals surface area (Å²) in [6, 6.07) is -10.2. The summed E-state index contributed by atoms with van der Waals surface area (Å²) in [5.74, 6) is -13.0. The van der Waals surface area contributed by atoms with Crippen molar-refractivity contribution in [3.05, 3.63) is 12.2 Å². The Hall–Kier alpha value is -6.97. The molecular weight excluding hydrogens is 1360 g/mol. The number of carbonyl (C=O) groups is 12. The zero-order chi connectivity index (χ0) is 76.7. The van der Waals surface area contributed by atoms with Crippen LogP contribution in [0.3, 0.4) is 0 Å². The Balaban J connectivity index is 1.19. The molecule has 584 valence electrons. The molecule has 29 heteroatoms. The van der Waals surface area contributed by atoms with Crippen molar-refractivity contribution in [1.82, 2.24) is 59.6 Å². The second-order valence-electron chi connectivity index (χ2n) is 32.4. The van der Waals surface area contributed by atoms with Crippen LogP contribution in [0.4, 0.5) is 22.0 Å². The first-order valence-electron chi connectivity index (χ1n) is 38.2. The van der Waals surface area contributed by atoms with Gasteiger partial charge in [0.25, 0.3) is 0 Å². The van der Waals surface area contributed by atoms with Gasteiger partial charge >= 0.3 is 6.18 Å². The molecule has 0 aromatic rings. The Morgan fingerprint density at radius 1 is 0.615 bits per heavy atom. The second-order valence-corrected chi connectivity index (χ2v) is 32.4. The van der Waals surface area contributed by atoms with E-state index in [1.807, 2.05) is 19.9 Å². The van der Waals surface area contributed by atoms with Crippen LogP contribution < -0.4 is 10.6 Å². The minimum atomic E-state index is -5.16. The Labute approximate surface area is 610 Å². The van der Waals surface area contributed by atoms with E-state index in [1.165, 1.54) is 108 Å². The molecule has 8 aliphatic rings. The maximum Gasteiger partial charge on any atom is 0.397 e. The number of nitrogens with zero attached hydrogens (tertiary/aromatic N) is 10. The fourth-order valence-corrected chi connectivity index (χ4v) is 17.8. The van der Waals surface area contributed by atoms with Crippen molar-refractivity contribution in [2.24, 2.45) is 47.3 Å². The lowest BCUT2D eigenvalue weighted by molar-refractivity contribution is -0.219. The molecule has 3 aliphatic heterocycles. The van der Waals surface area contributed by atoms with Crippen LogP contribution in [-0.2, 0) is 57.5 Å². The third kappa shape index (κ3) is 18.9. The molecule has 12 amide bonds. The molecule has 104 heavy (non-hydrogen) atoms. The number of rotatable bonds is 10. The molecule has 1 spiro atoms. The molecule has 3 heterocycles. The number of halogens is 5. The summed E-state index contributed by atoms with van der Waals surface area (Å²) in [6.07, 6.45) is -0.134. The van der Waals surface area contributed by atoms with Crippen LogP contribution in [0.25, 0.3) is 0 Å². The van der Waals surface area contributed by atoms with Crippen molar-refractivity contribution in [3.63, 3.8) is 0 Å². The zero-order valence-corrected chi connectivity index (χ0v) is 63.6. The summed E-state index contributed by atoms with van der Waals surface area (Å²) in [5, 5.41) is 5.68. The first-order chi connectivity index (χ1) is 48.9. The monoisotopic (exact) mass is 1470 g/mol. The lowest BCUT2D eigenvalue weighted by Gasteiger charge is -2.45. The highest BCUT2D eigenvalue weighted by Gasteiger charge is 2.57. The first kappa shape index (κ1) is 82.7. The number of amides is 12. The number of carbonyl (C=O) groups excluding carboxylic acids is 12. The van der Waals surface area contributed by atoms with Crippen molar-refractivity contribution in [3.8, 4) is 0 Å². The molecule has 0 radical (unpaired) electrons. The molecule has 0 aromatic carbocycles. The van der Waals surface area contributed by atoms with Gasteiger partial charge in [-0.15, -0.1) is 0 Å². The average Bonchev–Trinajstić information content (AvgIpc) is 1.53. The quantitative estimate of drug-likeness (QED) is 0.185. The highest BCUT2D eigenvalue weighted by molar-refractivity contribution is 6.01. The molecule has 12 atom stereocenters. The maximum atomic E-state index is 15.9. The highest BCUT2D eigenvalue weighted by Crippen LogP contribution is 2.46. The van der Waals surface area contributed by atoms with E-state index in [0.717, 1.165) is 43.4 Å². The van der Waals surface area contributed by atoms with E-state index in [0.29, 0.717) is 57.3 Å². The van der Waals surface area contributed by atoms with Gasteiger partial charge in [0.1, 0.15) is 72.1 Å². The molecule has 2 unspecified atom stereocenters. The van der Waals surface area contributed by atoms with Gasteiger partial charge in [-0.1, -0.05) is 97.6 Å². The van der Waals surface area contributed by atoms with Crippen LogP contribution in [0.1, 0.15) is 182 Å². The average molecular weight is 1470 g/mol. The number of alkyl halides is 5. The van der Waals surface area contributed by atoms with Crippen LogP contribution >= 0.6 is 0 Å². The molecule has 5 saturated carbocycles. The van der Waals surface area contributed by atoms with E-state index < -0.39 is 199 Å². The molecule has 2 N–H and O–H groups in total. The lowest BCUT2D eigenvalue weighted by Crippen LogP contribution is -2.65. The van der Waals surface area contributed by atoms with Gasteiger partial charge in [-0.2, -0.15) is 13.2 Å². The van der Waals surface area contributed by atoms with Crippen LogP contribution in [-0.4, -0.2) is 282 Å². The van der Waals surface area contributed by atoms with Gasteiger partial charge in [0.15, 0.2) is 0 Å². The number of hydrogen-bond acceptors (Lipinski definition) is 12. The molecule has 2 bridgehead atoms. The van der Waals surface area contributed by atoms with E-state index in [1.54, 1.807) is 13.0 Å². The summed E-state index contributed by atoms with van der Waals surface area (Å²) < 4.78 is 72.8. The second kappa shape index (κ2) is 35.2. The van der Waals surface area contributed by atoms with Crippen LogP contribution in [0.15, 0.2) is 12.2 Å². The van der Waals surface area contributed by atoms with Crippen molar-refractivity contribution in [1.29, 1.82) is 0 Å². The zero-order valence-electron chi connectivity index (χ0n) is 63.6. The van der Waals surface area contributed by atoms with Crippen molar-refractivity contribution in [2.45, 2.75) is 254 Å². The predicted octanol–water partition coefficient (Wildman–Crippen LogP) is 6.14. The van der Waals surface area contributed by atoms with Crippen LogP contribution in [0.5, 0.6) is 0 Å². The van der Waals surface area contributed by atoms with Crippen LogP contribution in [0, 0.1) is 47.3 Å². The SMILES string of the molecule is CC[C@H](C)[C@@H]1NC(=O)[C@H](C2CC2)N(C)C(=O)C[C@@H](C(=O)N(C)C)N(C)C(=O)[C@H](C2CCCC2)N(C)C(=O)C2(CCCC2)N(C)C(=O)[C@@H]2C[C@@H](C)CN2C(=O)[C@H](CCC2CC(F)C(C(F)(F)F)C(F)C2)NC(=O)CN(C)C(=O)[C@H](CC2CCC(C)CC2)N2CC/C=C\C[C@@H](C2=O)N(C)C(=O)CN(C)C1=O. The van der Waals surface area contributed by atoms with E-state index in [9.17, 15) is 41.9 Å². The molecule has 2 saturated heterocycles. The van der Waals surface area contributed by atoms with Gasteiger partial charge in [-0.3, -0.25) is 57.5 Å². The number of likely N-dealkylation sites (N-methyl/N-ethyl adjacent to an activating group) is 8. The molecule has 7 fully saturated rings. The number of fused-ring (bicyclic) bond motifs is 3. The Bertz CT molecular complexity index is 3140. The van der Waals surface area contributed by atoms with Gasteiger partial charge in [0, 0.05) is 76.5 Å². The summed E-state index contributed by atoms with van der Waals surface area (Å²) in [5.41, 5.74) is -1.58. The van der Waals surface area contributed by atoms with E-state index in [2.05, 4.69) is 17.6 Å². The van der Waals surface area contributed by atoms with Crippen molar-refractivity contribution in [2.75, 3.05) is 89.6 Å². The van der Waals surface area contributed by atoms with Crippen LogP contribution in [0.2, 0.25) is 0 Å². The molecule has 24 nitrogen and oxygen atoms in total. The lowest BCUT2D eigenvalue weighted by atomic mass is 9.76. The third-order valence-corrected chi connectivity index (χ3v) is 24.7. The smallest absolute Gasteiger partial charge is 0.347 e. The fraction of sp³-hybridized carbons (Fsp3) is 0.813. The number of hydrogen-bond donors (Lipinski definition) is 2. The summed E-state index contributed by atoms with van der Waals surface area (Å²) >= 11 is 0. The summed E-state index contributed by atoms with van der Waals surface area (Å²) in [4.78, 5) is 195. The predicted molar refractivity (Wildman–Crippen MR) is 377 cm³/mol. The summed E-state index contributed by atoms with van der Waals surface area (Å²) in [7, 11) is 13.0. The molecule has 0 aromatic heterocycles. The van der Waals surface area contributed by atoms with Gasteiger partial charge < -0.3 is 59.6 Å². The van der Waals surface area contributed by atoms with Gasteiger partial charge in [-0.05, 0) is 131 Å². The summed E-state index contributed by atoms with van der Waals surface area (Å²) in [6.45, 7) is 6.31. The Kier molecular flexibility index (Phi) is 28.0. The fourth-order valence-electron chi connectivity index (χ4n) is 17.8. The van der Waals surface area contributed by atoms with Crippen molar-refractivity contribution >= 4 is 70.9 Å². The van der Waals surface area contributed by atoms with E-state index in [-0.39, 0.29) is 75.8 Å². The number of nitrogens with one attached hydrogen (secondary N) is 2. The molecule has 8 rings (SSSR count). The standard InChI is InChI=1S/C75H117F5N12O12/c1-14-46(4)62-71(102)85(8)43-60(95)86(9)54-24-16-15-21-35-91(70(54)101)57(39-47-27-25-44(2)26-28-47)68(99)84(7)42-58(93)81-53(32-29-48-37-51(76)61(52(77)38-48)75(78,79)80)66(97)92-41-45(3)36-56(92)69(100)90(13)74(33-19-20-34-74)73(104)89(12)64(49-22-17-18-23-49)72(103)87(10)55(67(98)83(5)6)40-59(94)88(11)63(50-30-31-50)65(96)82-62/h15-16,44-57,61-64H,14,17-43H2,1-13H3,(H,81,93)(H,82,96)/b16-15-/t44?,45-,46+,47?,48?,51?,52?,53+,54+,55+,56+,57+,61?,62+,63+,64+/m1/s1. The minimum Gasteiger partial charge on any atom is -0.347 e. The van der Waals surface area contributed by atoms with E-state index >= 15 is 37.5 Å². The third-order valence-electron chi connectivity index (χ3n) is 24.7. The van der Waals surface area contributed by atoms with Gasteiger partial charge in [0.05, 0.1) is 19.5 Å². The minimum absolute atomic E-state index is 0.0271. The molecule has 5 aliphatic carbocycles. The van der Waals surface area contributed by atoms with Gasteiger partial charge in [0.2, 0.25) is 70.9 Å². The Morgan fingerprint density at radius 2 is 1.22 bits per heavy atom. The highest BCUT2D eigenvalue weighted by atomic mass is 19.4. The maximum absolute atomic E-state index is 15.9. The topological polar surface area (TPSA) is 261 Å². The van der Waals surface area contributed by atoms with Gasteiger partial charge in [-0.25, -0.2) is 8.78 Å². The largest absolute Gasteiger partial charge is 0.397 e.